The molecule has 4 aliphatic rings. The molecule has 15 nitrogen and oxygen atoms in total. The van der Waals surface area contributed by atoms with Gasteiger partial charge in [-0.15, -0.1) is 0 Å². The van der Waals surface area contributed by atoms with Crippen molar-refractivity contribution in [3.8, 4) is 17.1 Å². The Morgan fingerprint density at radius 1 is 1.03 bits per heavy atom. The monoisotopic (exact) mass is 926 g/mol. The number of carbonyl (C=O) groups is 2. The summed E-state index contributed by atoms with van der Waals surface area (Å²) in [5, 5.41) is 17.3. The minimum Gasteiger partial charge on any atom is -0.478 e. The van der Waals surface area contributed by atoms with E-state index in [-0.39, 0.29) is 47.6 Å². The molecule has 3 aromatic heterocycles. The van der Waals surface area contributed by atoms with Crippen LogP contribution in [0, 0.1) is 11.2 Å². The fourth-order valence-corrected chi connectivity index (χ4v) is 11.0. The molecule has 3 atom stereocenters. The molecular formula is C52H64FN11O4. The van der Waals surface area contributed by atoms with Crippen molar-refractivity contribution in [2.45, 2.75) is 104 Å². The second kappa shape index (κ2) is 18.3. The Kier molecular flexibility index (Phi) is 12.6. The quantitative estimate of drug-likeness (QED) is 0.0917. The lowest BCUT2D eigenvalue weighted by Gasteiger charge is -2.48. The molecule has 9 rings (SSSR count). The zero-order valence-corrected chi connectivity index (χ0v) is 40.3. The molecule has 2 amide bonds. The van der Waals surface area contributed by atoms with Crippen molar-refractivity contribution < 1.29 is 23.8 Å². The van der Waals surface area contributed by atoms with Crippen LogP contribution in [0.25, 0.3) is 11.3 Å². The van der Waals surface area contributed by atoms with Gasteiger partial charge in [-0.3, -0.25) is 19.4 Å². The fourth-order valence-electron chi connectivity index (χ4n) is 11.0. The van der Waals surface area contributed by atoms with Crippen molar-refractivity contribution >= 4 is 46.2 Å². The zero-order valence-electron chi connectivity index (χ0n) is 40.3. The molecule has 2 aromatic carbocycles. The predicted octanol–water partition coefficient (Wildman–Crippen LogP) is 7.40. The molecule has 6 heterocycles. The summed E-state index contributed by atoms with van der Waals surface area (Å²) in [6.07, 6.45) is 8.29. The number of rotatable bonds is 12. The number of hydrogen-bond acceptors (Lipinski definition) is 12. The van der Waals surface area contributed by atoms with E-state index in [0.717, 1.165) is 63.2 Å². The summed E-state index contributed by atoms with van der Waals surface area (Å²) in [5.74, 6) is 0.179. The minimum atomic E-state index is -0.777. The number of methoxy groups -OCH3 is 1. The average Bonchev–Trinajstić information content (AvgIpc) is 3.80. The van der Waals surface area contributed by atoms with E-state index in [4.69, 9.17) is 15.5 Å². The smallest absolute Gasteiger partial charge is 0.276 e. The number of anilines is 6. The molecule has 0 bridgehead atoms. The first kappa shape index (κ1) is 46.7. The van der Waals surface area contributed by atoms with Crippen molar-refractivity contribution in [2.75, 3.05) is 65.2 Å². The van der Waals surface area contributed by atoms with Gasteiger partial charge in [-0.05, 0) is 119 Å². The highest BCUT2D eigenvalue weighted by Crippen LogP contribution is 2.41. The molecule has 0 saturated carbocycles. The lowest BCUT2D eigenvalue weighted by Crippen LogP contribution is -2.58. The number of hydrogen-bond donors (Lipinski definition) is 4. The van der Waals surface area contributed by atoms with Crippen LogP contribution >= 0.6 is 0 Å². The number of carbonyl (C=O) groups excluding carboxylic acids is 2. The second-order valence-electron chi connectivity index (χ2n) is 20.3. The molecule has 5 aromatic rings. The molecule has 2 saturated heterocycles. The van der Waals surface area contributed by atoms with Crippen molar-refractivity contribution in [3.05, 3.63) is 107 Å². The first-order valence-corrected chi connectivity index (χ1v) is 23.7. The lowest BCUT2D eigenvalue weighted by atomic mass is 9.90. The maximum Gasteiger partial charge on any atom is 0.276 e. The third-order valence-corrected chi connectivity index (χ3v) is 14.3. The Labute approximate surface area is 398 Å². The molecule has 0 radical (unpaired) electrons. The molecule has 16 heteroatoms. The van der Waals surface area contributed by atoms with Crippen molar-refractivity contribution in [1.29, 1.82) is 0 Å². The third-order valence-electron chi connectivity index (χ3n) is 14.3. The van der Waals surface area contributed by atoms with Gasteiger partial charge in [-0.25, -0.2) is 19.3 Å². The molecule has 5 N–H and O–H groups in total. The minimum absolute atomic E-state index is 0.134. The van der Waals surface area contributed by atoms with E-state index < -0.39 is 5.54 Å². The number of pyridine rings is 1. The van der Waals surface area contributed by atoms with Gasteiger partial charge in [0.1, 0.15) is 17.3 Å². The number of benzene rings is 2. The number of amides is 2. The van der Waals surface area contributed by atoms with Crippen LogP contribution in [0.1, 0.15) is 87.3 Å². The van der Waals surface area contributed by atoms with Gasteiger partial charge >= 0.3 is 0 Å². The van der Waals surface area contributed by atoms with Crippen molar-refractivity contribution in [2.24, 2.45) is 11.1 Å². The summed E-state index contributed by atoms with van der Waals surface area (Å²) in [5.41, 5.74) is 14.0. The van der Waals surface area contributed by atoms with Crippen LogP contribution < -0.4 is 35.8 Å². The number of nitrogens with two attached hydrogens (primary N) is 1. The zero-order chi connectivity index (χ0) is 48.2. The Bertz CT molecular complexity index is 2770. The van der Waals surface area contributed by atoms with E-state index >= 15 is 0 Å². The Balaban J connectivity index is 0.918. The number of nitrogens with zero attached hydrogens (tertiary/aromatic N) is 8. The number of halogens is 1. The highest BCUT2D eigenvalue weighted by Gasteiger charge is 2.38. The van der Waals surface area contributed by atoms with Gasteiger partial charge in [-0.2, -0.15) is 0 Å². The Morgan fingerprint density at radius 2 is 1.84 bits per heavy atom. The Morgan fingerprint density at radius 3 is 2.56 bits per heavy atom. The topological polar surface area (TPSA) is 170 Å². The summed E-state index contributed by atoms with van der Waals surface area (Å²) in [6, 6.07) is 15.7. The molecule has 3 aliphatic heterocycles. The number of aromatic nitrogens is 4. The lowest BCUT2D eigenvalue weighted by molar-refractivity contribution is -0.111. The summed E-state index contributed by atoms with van der Waals surface area (Å²) in [4.78, 5) is 50.1. The van der Waals surface area contributed by atoms with Crippen molar-refractivity contribution in [3.63, 3.8) is 0 Å². The van der Waals surface area contributed by atoms with Crippen LogP contribution in [-0.2, 0) is 36.3 Å². The molecular weight excluding hydrogens is 862 g/mol. The Hall–Kier alpha value is -6.36. The molecule has 2 fully saturated rings. The van der Waals surface area contributed by atoms with Gasteiger partial charge in [-0.1, -0.05) is 20.4 Å². The number of aliphatic hydroxyl groups is 1. The van der Waals surface area contributed by atoms with Crippen molar-refractivity contribution in [1.82, 2.24) is 24.4 Å². The van der Waals surface area contributed by atoms with Crippen LogP contribution in [0.2, 0.25) is 0 Å². The van der Waals surface area contributed by atoms with Crippen LogP contribution in [0.3, 0.4) is 0 Å². The van der Waals surface area contributed by atoms with Gasteiger partial charge in [0.2, 0.25) is 5.91 Å². The highest BCUT2D eigenvalue weighted by atomic mass is 19.1. The number of piperazine rings is 1. The summed E-state index contributed by atoms with van der Waals surface area (Å²) in [6.45, 7) is 20.3. The number of nitrogens with one attached hydrogen (secondary N) is 2. The van der Waals surface area contributed by atoms with Crippen LogP contribution in [-0.4, -0.2) is 99.3 Å². The molecule has 1 unspecified atom stereocenters. The maximum atomic E-state index is 14.7. The standard InChI is InChI=1S/C52H64FN11O4/c1-9-46(66)58-41-24-34(10-13-43(41)62-19-18-60(29-32(62)3)35-15-17-61(31(2)22-35)36-11-12-40(53)39(25-36)52(6,7)54)57-47-49(68-8)56-28-42(59-47)37-14-16-55-48(38(37)30-65)64-21-20-63-44(50(64)67)23-33-26-51(4,5)27-45(33)63/h9-14,16,23-25,28,31-32,35,65H,1,15,17-22,26-27,29-30,54H2,2-8H3,(H,57,59)(H,58,66)/t31-,32-,35?/m0/s1. The number of fused-ring (bicyclic) bond motifs is 3. The summed E-state index contributed by atoms with van der Waals surface area (Å²) >= 11 is 0. The number of aliphatic hydroxyl groups excluding tert-OH is 1. The number of piperidine rings is 1. The first-order valence-electron chi connectivity index (χ1n) is 23.7. The van der Waals surface area contributed by atoms with E-state index in [2.05, 4.69) is 74.1 Å². The third kappa shape index (κ3) is 8.92. The number of ether oxygens (including phenoxy) is 1. The van der Waals surface area contributed by atoms with Gasteiger partial charge in [0.25, 0.3) is 11.8 Å². The predicted molar refractivity (Wildman–Crippen MR) is 265 cm³/mol. The molecule has 1 aliphatic carbocycles. The van der Waals surface area contributed by atoms with E-state index in [1.807, 2.05) is 50.2 Å². The molecule has 358 valence electrons. The highest BCUT2D eigenvalue weighted by molar-refractivity contribution is 6.06. The van der Waals surface area contributed by atoms with E-state index in [1.54, 1.807) is 23.4 Å². The van der Waals surface area contributed by atoms with Gasteiger partial charge in [0.05, 0.1) is 37.0 Å². The summed E-state index contributed by atoms with van der Waals surface area (Å²) < 4.78 is 22.5. The second-order valence-corrected chi connectivity index (χ2v) is 20.3. The van der Waals surface area contributed by atoms with Gasteiger partial charge < -0.3 is 40.6 Å². The summed E-state index contributed by atoms with van der Waals surface area (Å²) in [7, 11) is 1.51. The fraction of sp³-hybridized carbons (Fsp3) is 0.442. The average molecular weight is 926 g/mol. The molecule has 0 spiro atoms. The van der Waals surface area contributed by atoms with Gasteiger partial charge in [0.15, 0.2) is 5.82 Å². The normalized spacial score (nSPS) is 20.5. The van der Waals surface area contributed by atoms with Crippen LogP contribution in [0.15, 0.2) is 73.6 Å². The van der Waals surface area contributed by atoms with E-state index in [0.29, 0.717) is 70.2 Å². The van der Waals surface area contributed by atoms with E-state index in [1.165, 1.54) is 30.5 Å². The van der Waals surface area contributed by atoms with Crippen LogP contribution in [0.4, 0.5) is 38.8 Å². The van der Waals surface area contributed by atoms with Gasteiger partial charge in [0, 0.05) is 103 Å². The largest absolute Gasteiger partial charge is 0.478 e. The van der Waals surface area contributed by atoms with Crippen LogP contribution in [0.5, 0.6) is 5.88 Å². The maximum absolute atomic E-state index is 14.7. The SMILES string of the molecule is C=CC(=O)Nc1cc(Nc2nc(-c3ccnc(N4CCn5c(cc6c5CC(C)(C)C6)C4=O)c3CO)cnc2OC)ccc1N1CCN(C2CCN(c3ccc(F)c(C(C)(C)N)c3)[C@@H](C)C2)C[C@@H]1C. The molecule has 68 heavy (non-hydrogen) atoms. The first-order chi connectivity index (χ1) is 32.5. The van der Waals surface area contributed by atoms with E-state index in [9.17, 15) is 19.1 Å².